The zero-order valence-corrected chi connectivity index (χ0v) is 11.9. The number of carbonyl (C=O) groups excluding carboxylic acids is 1. The number of aromatic nitrogens is 1. The van der Waals surface area contributed by atoms with Crippen LogP contribution in [0.15, 0.2) is 48.7 Å². The van der Waals surface area contributed by atoms with Crippen molar-refractivity contribution in [1.29, 1.82) is 0 Å². The average molecular weight is 269 g/mol. The molecule has 1 aromatic heterocycles. The van der Waals surface area contributed by atoms with E-state index in [0.717, 1.165) is 23.4 Å². The fraction of sp³-hybridized carbons (Fsp3) is 0.294. The first kappa shape index (κ1) is 14.3. The van der Waals surface area contributed by atoms with Crippen LogP contribution >= 0.6 is 0 Å². The molecule has 0 fully saturated rings. The molecule has 3 heteroatoms. The van der Waals surface area contributed by atoms with Crippen molar-refractivity contribution in [3.8, 4) is 5.75 Å². The third-order valence-electron chi connectivity index (χ3n) is 3.43. The molecule has 0 amide bonds. The predicted molar refractivity (Wildman–Crippen MR) is 79.0 cm³/mol. The van der Waals surface area contributed by atoms with Gasteiger partial charge in [-0.1, -0.05) is 18.2 Å². The maximum atomic E-state index is 12.2. The van der Waals surface area contributed by atoms with E-state index in [4.69, 9.17) is 4.74 Å². The molecular weight excluding hydrogens is 250 g/mol. The summed E-state index contributed by atoms with van der Waals surface area (Å²) in [5.74, 6) is 0.913. The van der Waals surface area contributed by atoms with E-state index in [1.165, 1.54) is 0 Å². The van der Waals surface area contributed by atoms with Crippen LogP contribution in [0.1, 0.15) is 30.5 Å². The molecule has 0 N–H and O–H groups in total. The van der Waals surface area contributed by atoms with Gasteiger partial charge in [0.1, 0.15) is 11.5 Å². The number of rotatable bonds is 6. The molecule has 1 heterocycles. The highest BCUT2D eigenvalue weighted by Crippen LogP contribution is 2.17. The Kier molecular flexibility index (Phi) is 4.88. The second-order valence-corrected chi connectivity index (χ2v) is 4.79. The van der Waals surface area contributed by atoms with Crippen LogP contribution < -0.4 is 4.74 Å². The summed E-state index contributed by atoms with van der Waals surface area (Å²) in [6.45, 7) is 1.92. The lowest BCUT2D eigenvalue weighted by molar-refractivity contribution is -0.120. The quantitative estimate of drug-likeness (QED) is 0.807. The molecule has 0 bridgehead atoms. The lowest BCUT2D eigenvalue weighted by atomic mass is 9.96. The lowest BCUT2D eigenvalue weighted by Gasteiger charge is -2.09. The van der Waals surface area contributed by atoms with Crippen molar-refractivity contribution >= 4 is 5.78 Å². The van der Waals surface area contributed by atoms with Crippen LogP contribution in [0.3, 0.4) is 0 Å². The standard InChI is InChI=1S/C17H19NO2/c1-13(16-5-3-4-12-18-16)17(19)11-8-14-6-9-15(20-2)10-7-14/h3-7,9-10,12-13H,8,11H2,1-2H3. The molecule has 0 radical (unpaired) electrons. The van der Waals surface area contributed by atoms with Gasteiger partial charge in [0.05, 0.1) is 18.7 Å². The maximum absolute atomic E-state index is 12.2. The Hall–Kier alpha value is -2.16. The van der Waals surface area contributed by atoms with Crippen molar-refractivity contribution < 1.29 is 9.53 Å². The number of methoxy groups -OCH3 is 1. The largest absolute Gasteiger partial charge is 0.497 e. The summed E-state index contributed by atoms with van der Waals surface area (Å²) in [6, 6.07) is 13.5. The minimum atomic E-state index is -0.144. The molecule has 2 aromatic rings. The van der Waals surface area contributed by atoms with E-state index < -0.39 is 0 Å². The SMILES string of the molecule is COc1ccc(CCC(=O)C(C)c2ccccn2)cc1. The molecule has 104 valence electrons. The van der Waals surface area contributed by atoms with Gasteiger partial charge in [0, 0.05) is 12.6 Å². The predicted octanol–water partition coefficient (Wildman–Crippen LogP) is 3.40. The van der Waals surface area contributed by atoms with Gasteiger partial charge in [0.25, 0.3) is 0 Å². The maximum Gasteiger partial charge on any atom is 0.141 e. The third kappa shape index (κ3) is 3.67. The zero-order valence-electron chi connectivity index (χ0n) is 11.9. The summed E-state index contributed by atoms with van der Waals surface area (Å²) in [4.78, 5) is 16.4. The third-order valence-corrected chi connectivity index (χ3v) is 3.43. The molecule has 1 unspecified atom stereocenters. The summed E-state index contributed by atoms with van der Waals surface area (Å²) in [5.41, 5.74) is 1.99. The second kappa shape index (κ2) is 6.85. The first-order chi connectivity index (χ1) is 9.70. The van der Waals surface area contributed by atoms with Gasteiger partial charge in [-0.15, -0.1) is 0 Å². The Labute approximate surface area is 119 Å². The van der Waals surface area contributed by atoms with E-state index in [-0.39, 0.29) is 11.7 Å². The molecule has 3 nitrogen and oxygen atoms in total. The molecule has 0 saturated carbocycles. The van der Waals surface area contributed by atoms with Gasteiger partial charge in [0.15, 0.2) is 0 Å². The van der Waals surface area contributed by atoms with Gasteiger partial charge in [-0.25, -0.2) is 0 Å². The van der Waals surface area contributed by atoms with E-state index in [1.54, 1.807) is 13.3 Å². The molecule has 0 aliphatic rings. The number of nitrogens with zero attached hydrogens (tertiary/aromatic N) is 1. The number of ether oxygens (including phenoxy) is 1. The normalized spacial score (nSPS) is 11.9. The van der Waals surface area contributed by atoms with Gasteiger partial charge in [-0.3, -0.25) is 9.78 Å². The number of pyridine rings is 1. The van der Waals surface area contributed by atoms with Crippen molar-refractivity contribution in [1.82, 2.24) is 4.98 Å². The fourth-order valence-electron chi connectivity index (χ4n) is 2.07. The summed E-state index contributed by atoms with van der Waals surface area (Å²) < 4.78 is 5.12. The van der Waals surface area contributed by atoms with Crippen molar-refractivity contribution in [2.24, 2.45) is 0 Å². The Morgan fingerprint density at radius 1 is 1.20 bits per heavy atom. The van der Waals surface area contributed by atoms with Crippen LogP contribution in [0.5, 0.6) is 5.75 Å². The van der Waals surface area contributed by atoms with Gasteiger partial charge in [-0.05, 0) is 43.2 Å². The monoisotopic (exact) mass is 269 g/mol. The smallest absolute Gasteiger partial charge is 0.141 e. The number of aryl methyl sites for hydroxylation is 1. The molecule has 0 aliphatic carbocycles. The topological polar surface area (TPSA) is 39.2 Å². The van der Waals surface area contributed by atoms with Crippen LogP contribution in [0.25, 0.3) is 0 Å². The number of carbonyl (C=O) groups is 1. The van der Waals surface area contributed by atoms with E-state index in [2.05, 4.69) is 4.98 Å². The first-order valence-electron chi connectivity index (χ1n) is 6.77. The molecule has 2 rings (SSSR count). The van der Waals surface area contributed by atoms with Crippen LogP contribution in [-0.4, -0.2) is 17.9 Å². The first-order valence-corrected chi connectivity index (χ1v) is 6.77. The molecule has 1 aromatic carbocycles. The van der Waals surface area contributed by atoms with Gasteiger partial charge < -0.3 is 4.74 Å². The molecule has 0 saturated heterocycles. The summed E-state index contributed by atoms with van der Waals surface area (Å²) in [5, 5.41) is 0. The molecule has 1 atom stereocenters. The summed E-state index contributed by atoms with van der Waals surface area (Å²) in [6.07, 6.45) is 3.01. The number of hydrogen-bond donors (Lipinski definition) is 0. The number of Topliss-reactive ketones (excluding diaryl/α,β-unsaturated/α-hetero) is 1. The minimum Gasteiger partial charge on any atom is -0.497 e. The van der Waals surface area contributed by atoms with E-state index in [0.29, 0.717) is 6.42 Å². The Morgan fingerprint density at radius 3 is 2.55 bits per heavy atom. The Bertz CT molecular complexity index is 549. The van der Waals surface area contributed by atoms with E-state index >= 15 is 0 Å². The van der Waals surface area contributed by atoms with Crippen molar-refractivity contribution in [2.75, 3.05) is 7.11 Å². The van der Waals surface area contributed by atoms with Crippen LogP contribution in [0, 0.1) is 0 Å². The fourth-order valence-corrected chi connectivity index (χ4v) is 2.07. The number of benzene rings is 1. The molecule has 20 heavy (non-hydrogen) atoms. The zero-order chi connectivity index (χ0) is 14.4. The van der Waals surface area contributed by atoms with E-state index in [1.807, 2.05) is 49.4 Å². The van der Waals surface area contributed by atoms with Crippen molar-refractivity contribution in [3.63, 3.8) is 0 Å². The molecule has 0 spiro atoms. The highest BCUT2D eigenvalue weighted by Gasteiger charge is 2.15. The Balaban J connectivity index is 1.91. The van der Waals surface area contributed by atoms with Crippen LogP contribution in [0.4, 0.5) is 0 Å². The summed E-state index contributed by atoms with van der Waals surface area (Å²) in [7, 11) is 1.65. The van der Waals surface area contributed by atoms with Crippen molar-refractivity contribution in [3.05, 3.63) is 59.9 Å². The second-order valence-electron chi connectivity index (χ2n) is 4.79. The highest BCUT2D eigenvalue weighted by molar-refractivity contribution is 5.85. The van der Waals surface area contributed by atoms with E-state index in [9.17, 15) is 4.79 Å². The van der Waals surface area contributed by atoms with Gasteiger partial charge >= 0.3 is 0 Å². The highest BCUT2D eigenvalue weighted by atomic mass is 16.5. The van der Waals surface area contributed by atoms with Crippen LogP contribution in [0.2, 0.25) is 0 Å². The molecule has 0 aliphatic heterocycles. The lowest BCUT2D eigenvalue weighted by Crippen LogP contribution is -2.11. The Morgan fingerprint density at radius 2 is 1.95 bits per heavy atom. The minimum absolute atomic E-state index is 0.144. The van der Waals surface area contributed by atoms with Gasteiger partial charge in [-0.2, -0.15) is 0 Å². The van der Waals surface area contributed by atoms with Gasteiger partial charge in [0.2, 0.25) is 0 Å². The molecular formula is C17H19NO2. The van der Waals surface area contributed by atoms with Crippen LogP contribution in [-0.2, 0) is 11.2 Å². The summed E-state index contributed by atoms with van der Waals surface area (Å²) >= 11 is 0. The number of hydrogen-bond acceptors (Lipinski definition) is 3. The average Bonchev–Trinajstić information content (AvgIpc) is 2.53. The van der Waals surface area contributed by atoms with Crippen molar-refractivity contribution in [2.45, 2.75) is 25.7 Å². The number of ketones is 1.